The summed E-state index contributed by atoms with van der Waals surface area (Å²) in [6.07, 6.45) is 1.13. The van der Waals surface area contributed by atoms with Gasteiger partial charge in [-0.15, -0.1) is 0 Å². The van der Waals surface area contributed by atoms with E-state index in [1.165, 1.54) is 0 Å². The number of hydrogen-bond donors (Lipinski definition) is 2. The molecule has 21 heavy (non-hydrogen) atoms. The highest BCUT2D eigenvalue weighted by atomic mass is 32.2. The molecule has 0 atom stereocenters. The van der Waals surface area contributed by atoms with E-state index in [1.807, 2.05) is 13.8 Å². The van der Waals surface area contributed by atoms with Crippen LogP contribution in [0.5, 0.6) is 6.01 Å². The van der Waals surface area contributed by atoms with E-state index in [1.54, 1.807) is 0 Å². The maximum Gasteiger partial charge on any atom is 0.323 e. The van der Waals surface area contributed by atoms with Crippen LogP contribution in [-0.4, -0.2) is 54.1 Å². The second-order valence-corrected chi connectivity index (χ2v) is 7.10. The molecule has 1 aliphatic heterocycles. The summed E-state index contributed by atoms with van der Waals surface area (Å²) in [7, 11) is -2.87. The molecule has 8 nitrogen and oxygen atoms in total. The number of ether oxygens (including phenoxy) is 1. The predicted molar refractivity (Wildman–Crippen MR) is 80.5 cm³/mol. The maximum absolute atomic E-state index is 11.4. The number of hydrogen-bond acceptors (Lipinski definition) is 8. The van der Waals surface area contributed by atoms with Crippen LogP contribution in [0.15, 0.2) is 0 Å². The second kappa shape index (κ2) is 6.88. The minimum absolute atomic E-state index is 0.0554. The first-order valence-electron chi connectivity index (χ1n) is 7.12. The van der Waals surface area contributed by atoms with Gasteiger partial charge in [-0.05, 0) is 26.7 Å². The van der Waals surface area contributed by atoms with E-state index in [2.05, 4.69) is 25.6 Å². The van der Waals surface area contributed by atoms with Crippen LogP contribution in [0.1, 0.15) is 26.7 Å². The molecule has 0 radical (unpaired) electrons. The van der Waals surface area contributed by atoms with Gasteiger partial charge in [-0.1, -0.05) is 0 Å². The molecule has 0 unspecified atom stereocenters. The Labute approximate surface area is 124 Å². The highest BCUT2D eigenvalue weighted by Gasteiger charge is 2.24. The van der Waals surface area contributed by atoms with E-state index in [9.17, 15) is 8.42 Å². The van der Waals surface area contributed by atoms with Gasteiger partial charge < -0.3 is 15.4 Å². The van der Waals surface area contributed by atoms with Gasteiger partial charge >= 0.3 is 6.01 Å². The van der Waals surface area contributed by atoms with Gasteiger partial charge in [0, 0.05) is 12.6 Å². The fraction of sp³-hybridized carbons (Fsp3) is 0.750. The highest BCUT2D eigenvalue weighted by molar-refractivity contribution is 7.91. The van der Waals surface area contributed by atoms with Gasteiger partial charge in [0.2, 0.25) is 11.9 Å². The summed E-state index contributed by atoms with van der Waals surface area (Å²) >= 11 is 0. The Bertz CT molecular complexity index is 540. The van der Waals surface area contributed by atoms with Gasteiger partial charge in [-0.25, -0.2) is 8.42 Å². The van der Waals surface area contributed by atoms with Crippen molar-refractivity contribution >= 4 is 21.7 Å². The Hall–Kier alpha value is -1.64. The Morgan fingerprint density at radius 3 is 2.43 bits per heavy atom. The predicted octanol–water partition coefficient (Wildman–Crippen LogP) is 0.691. The molecule has 0 aromatic carbocycles. The lowest BCUT2D eigenvalue weighted by Gasteiger charge is -2.23. The van der Waals surface area contributed by atoms with E-state index < -0.39 is 9.84 Å². The molecule has 1 saturated heterocycles. The molecule has 0 spiro atoms. The van der Waals surface area contributed by atoms with Crippen molar-refractivity contribution in [3.63, 3.8) is 0 Å². The summed E-state index contributed by atoms with van der Waals surface area (Å²) in [5, 5.41) is 6.19. The number of aromatic nitrogens is 3. The van der Waals surface area contributed by atoms with Gasteiger partial charge in [0.15, 0.2) is 0 Å². The molecule has 1 aromatic heterocycles. The smallest absolute Gasteiger partial charge is 0.323 e. The molecule has 0 amide bonds. The van der Waals surface area contributed by atoms with E-state index in [0.29, 0.717) is 37.9 Å². The van der Waals surface area contributed by atoms with Crippen molar-refractivity contribution in [3.05, 3.63) is 0 Å². The van der Waals surface area contributed by atoms with Crippen molar-refractivity contribution < 1.29 is 13.2 Å². The van der Waals surface area contributed by atoms with Gasteiger partial charge in [0.1, 0.15) is 9.84 Å². The number of nitrogens with zero attached hydrogens (tertiary/aromatic N) is 3. The first kappa shape index (κ1) is 15.7. The third-order valence-corrected chi connectivity index (χ3v) is 4.83. The monoisotopic (exact) mass is 315 g/mol. The first-order chi connectivity index (χ1) is 10.0. The number of rotatable bonds is 6. The number of anilines is 2. The third-order valence-electron chi connectivity index (χ3n) is 3.11. The minimum atomic E-state index is -2.87. The average molecular weight is 315 g/mol. The largest absolute Gasteiger partial charge is 0.464 e. The summed E-state index contributed by atoms with van der Waals surface area (Å²) < 4.78 is 28.2. The molecule has 118 valence electrons. The minimum Gasteiger partial charge on any atom is -0.464 e. The summed E-state index contributed by atoms with van der Waals surface area (Å²) in [6, 6.07) is 0.314. The third kappa shape index (κ3) is 4.69. The molecule has 0 aliphatic carbocycles. The topological polar surface area (TPSA) is 106 Å². The second-order valence-electron chi connectivity index (χ2n) is 4.80. The highest BCUT2D eigenvalue weighted by Crippen LogP contribution is 2.18. The zero-order valence-corrected chi connectivity index (χ0v) is 13.1. The molecule has 0 bridgehead atoms. The molecule has 0 saturated carbocycles. The Kier molecular flexibility index (Phi) is 5.16. The van der Waals surface area contributed by atoms with Crippen LogP contribution in [0.2, 0.25) is 0 Å². The van der Waals surface area contributed by atoms with Gasteiger partial charge in [-0.3, -0.25) is 0 Å². The Morgan fingerprint density at radius 1 is 1.14 bits per heavy atom. The normalized spacial score (nSPS) is 18.2. The molecule has 9 heteroatoms. The fourth-order valence-corrected chi connectivity index (χ4v) is 3.56. The standard InChI is InChI=1S/C12H21N5O3S/c1-3-13-10-15-11(17-12(16-10)20-4-2)14-9-5-7-21(18,19)8-6-9/h9H,3-8H2,1-2H3,(H2,13,14,15,16,17). The van der Waals surface area contributed by atoms with Crippen molar-refractivity contribution in [1.82, 2.24) is 15.0 Å². The van der Waals surface area contributed by atoms with Crippen molar-refractivity contribution in [2.45, 2.75) is 32.7 Å². The van der Waals surface area contributed by atoms with Crippen molar-refractivity contribution in [2.24, 2.45) is 0 Å². The number of nitrogens with one attached hydrogen (secondary N) is 2. The first-order valence-corrected chi connectivity index (χ1v) is 8.94. The lowest BCUT2D eigenvalue weighted by Crippen LogP contribution is -2.32. The summed E-state index contributed by atoms with van der Waals surface area (Å²) in [4.78, 5) is 12.6. The fourth-order valence-electron chi connectivity index (χ4n) is 2.07. The average Bonchev–Trinajstić information content (AvgIpc) is 2.42. The van der Waals surface area contributed by atoms with Crippen LogP contribution in [0.3, 0.4) is 0 Å². The van der Waals surface area contributed by atoms with Gasteiger partial charge in [0.25, 0.3) is 0 Å². The number of sulfone groups is 1. The van der Waals surface area contributed by atoms with Gasteiger partial charge in [0.05, 0.1) is 18.1 Å². The Balaban J connectivity index is 2.07. The zero-order valence-electron chi connectivity index (χ0n) is 12.3. The lowest BCUT2D eigenvalue weighted by molar-refractivity contribution is 0.312. The van der Waals surface area contributed by atoms with E-state index >= 15 is 0 Å². The lowest BCUT2D eigenvalue weighted by atomic mass is 10.2. The van der Waals surface area contributed by atoms with E-state index in [4.69, 9.17) is 4.74 Å². The molecular weight excluding hydrogens is 294 g/mol. The van der Waals surface area contributed by atoms with Crippen LogP contribution in [0.4, 0.5) is 11.9 Å². The SMILES string of the molecule is CCNc1nc(NC2CCS(=O)(=O)CC2)nc(OCC)n1. The molecule has 1 aromatic rings. The molecule has 2 heterocycles. The zero-order chi connectivity index (χ0) is 15.3. The molecule has 2 N–H and O–H groups in total. The van der Waals surface area contributed by atoms with Crippen LogP contribution in [0, 0.1) is 0 Å². The Morgan fingerprint density at radius 2 is 1.81 bits per heavy atom. The van der Waals surface area contributed by atoms with Gasteiger partial charge in [-0.2, -0.15) is 15.0 Å². The summed E-state index contributed by atoms with van der Waals surface area (Å²) in [6.45, 7) is 4.96. The van der Waals surface area contributed by atoms with Crippen LogP contribution >= 0.6 is 0 Å². The summed E-state index contributed by atoms with van der Waals surface area (Å²) in [5.41, 5.74) is 0. The van der Waals surface area contributed by atoms with E-state index in [-0.39, 0.29) is 23.6 Å². The van der Waals surface area contributed by atoms with Crippen molar-refractivity contribution in [1.29, 1.82) is 0 Å². The molecule has 1 aliphatic rings. The van der Waals surface area contributed by atoms with Crippen LogP contribution in [-0.2, 0) is 9.84 Å². The van der Waals surface area contributed by atoms with Crippen LogP contribution in [0.25, 0.3) is 0 Å². The van der Waals surface area contributed by atoms with Crippen LogP contribution < -0.4 is 15.4 Å². The quantitative estimate of drug-likeness (QED) is 0.790. The summed E-state index contributed by atoms with van der Waals surface area (Å²) in [5.74, 6) is 1.26. The molecule has 1 fully saturated rings. The van der Waals surface area contributed by atoms with Crippen molar-refractivity contribution in [2.75, 3.05) is 35.3 Å². The van der Waals surface area contributed by atoms with E-state index in [0.717, 1.165) is 0 Å². The van der Waals surface area contributed by atoms with Crippen molar-refractivity contribution in [3.8, 4) is 6.01 Å². The maximum atomic E-state index is 11.4. The molecule has 2 rings (SSSR count). The molecular formula is C12H21N5O3S.